The average molecular weight is 420 g/mol. The van der Waals surface area contributed by atoms with Crippen LogP contribution in [0, 0.1) is 0 Å². The van der Waals surface area contributed by atoms with Gasteiger partial charge in [-0.1, -0.05) is 54.1 Å². The van der Waals surface area contributed by atoms with Gasteiger partial charge in [-0.05, 0) is 42.8 Å². The first-order valence-corrected chi connectivity index (χ1v) is 9.65. The van der Waals surface area contributed by atoms with Gasteiger partial charge in [-0.25, -0.2) is 0 Å². The highest BCUT2D eigenvalue weighted by Gasteiger charge is 2.15. The Bertz CT molecular complexity index is 959. The largest absolute Gasteiger partial charge is 0.494 e. The first kappa shape index (κ1) is 20.2. The number of anilines is 1. The van der Waals surface area contributed by atoms with Crippen molar-refractivity contribution in [2.75, 3.05) is 11.9 Å². The minimum absolute atomic E-state index is 0.0275. The van der Waals surface area contributed by atoms with Crippen LogP contribution in [0.3, 0.4) is 0 Å². The molecule has 0 saturated carbocycles. The second-order valence-electron chi connectivity index (χ2n) is 6.07. The number of hydrogen-bond acceptors (Lipinski definition) is 5. The van der Waals surface area contributed by atoms with Gasteiger partial charge in [-0.2, -0.15) is 0 Å². The summed E-state index contributed by atoms with van der Waals surface area (Å²) in [4.78, 5) is 12.5. The van der Waals surface area contributed by atoms with E-state index in [2.05, 4.69) is 22.4 Å². The quantitative estimate of drug-likeness (QED) is 0.462. The zero-order chi connectivity index (χ0) is 19.9. The third-order valence-corrected chi connectivity index (χ3v) is 4.47. The molecule has 8 heteroatoms. The van der Waals surface area contributed by atoms with Gasteiger partial charge >= 0.3 is 6.01 Å². The van der Waals surface area contributed by atoms with E-state index in [1.807, 2.05) is 6.07 Å². The summed E-state index contributed by atoms with van der Waals surface area (Å²) in [6.07, 6.45) is 3.21. The van der Waals surface area contributed by atoms with E-state index in [0.29, 0.717) is 33.5 Å². The van der Waals surface area contributed by atoms with E-state index in [9.17, 15) is 4.79 Å². The summed E-state index contributed by atoms with van der Waals surface area (Å²) in [6.45, 7) is 2.75. The summed E-state index contributed by atoms with van der Waals surface area (Å²) in [5, 5.41) is 11.2. The molecule has 6 nitrogen and oxygen atoms in total. The highest BCUT2D eigenvalue weighted by atomic mass is 35.5. The van der Waals surface area contributed by atoms with Crippen LogP contribution in [0.5, 0.6) is 5.75 Å². The van der Waals surface area contributed by atoms with E-state index in [1.165, 1.54) is 0 Å². The molecule has 1 aromatic heterocycles. The second-order valence-corrected chi connectivity index (χ2v) is 6.92. The van der Waals surface area contributed by atoms with Crippen LogP contribution in [0.2, 0.25) is 10.0 Å². The Morgan fingerprint density at radius 3 is 2.79 bits per heavy atom. The van der Waals surface area contributed by atoms with E-state index >= 15 is 0 Å². The number of carbonyl (C=O) groups is 1. The lowest BCUT2D eigenvalue weighted by atomic mass is 10.2. The van der Waals surface area contributed by atoms with E-state index in [4.69, 9.17) is 32.4 Å². The van der Waals surface area contributed by atoms with Crippen LogP contribution in [0.25, 0.3) is 11.5 Å². The lowest BCUT2D eigenvalue weighted by Gasteiger charge is -2.07. The molecule has 0 fully saturated rings. The molecule has 2 aromatic carbocycles. The van der Waals surface area contributed by atoms with Gasteiger partial charge in [0, 0.05) is 10.6 Å². The molecule has 28 heavy (non-hydrogen) atoms. The Kier molecular flexibility index (Phi) is 6.90. The fraction of sp³-hybridized carbons (Fsp3) is 0.250. The maximum absolute atomic E-state index is 12.5. The van der Waals surface area contributed by atoms with Crippen molar-refractivity contribution < 1.29 is 13.9 Å². The van der Waals surface area contributed by atoms with Gasteiger partial charge in [0.1, 0.15) is 5.75 Å². The molecule has 146 valence electrons. The molecule has 0 aliphatic carbocycles. The second kappa shape index (κ2) is 9.57. The molecule has 0 bridgehead atoms. The number of nitrogens with one attached hydrogen (secondary N) is 1. The lowest BCUT2D eigenvalue weighted by molar-refractivity contribution is 0.102. The monoisotopic (exact) mass is 419 g/mol. The molecule has 1 heterocycles. The van der Waals surface area contributed by atoms with Crippen molar-refractivity contribution in [3.8, 4) is 17.2 Å². The van der Waals surface area contributed by atoms with Gasteiger partial charge in [0.2, 0.25) is 0 Å². The van der Waals surface area contributed by atoms with E-state index < -0.39 is 0 Å². The Morgan fingerprint density at radius 2 is 2.00 bits per heavy atom. The van der Waals surface area contributed by atoms with Gasteiger partial charge in [-0.15, -0.1) is 5.10 Å². The predicted octanol–water partition coefficient (Wildman–Crippen LogP) is 5.86. The van der Waals surface area contributed by atoms with Crippen molar-refractivity contribution in [2.24, 2.45) is 0 Å². The van der Waals surface area contributed by atoms with Crippen LogP contribution in [0.1, 0.15) is 36.5 Å². The molecule has 0 unspecified atom stereocenters. The maximum atomic E-state index is 12.5. The zero-order valence-electron chi connectivity index (χ0n) is 15.2. The minimum atomic E-state index is -0.378. The third-order valence-electron chi connectivity index (χ3n) is 3.92. The van der Waals surface area contributed by atoms with Gasteiger partial charge in [0.25, 0.3) is 11.8 Å². The third kappa shape index (κ3) is 5.24. The minimum Gasteiger partial charge on any atom is -0.494 e. The van der Waals surface area contributed by atoms with Crippen LogP contribution in [-0.2, 0) is 0 Å². The van der Waals surface area contributed by atoms with E-state index in [-0.39, 0.29) is 17.8 Å². The molecule has 0 aliphatic rings. The number of hydrogen-bond donors (Lipinski definition) is 1. The van der Waals surface area contributed by atoms with Crippen molar-refractivity contribution in [3.05, 3.63) is 58.1 Å². The smallest absolute Gasteiger partial charge is 0.322 e. The molecule has 0 saturated heterocycles. The number of unbranched alkanes of at least 4 members (excludes halogenated alkanes) is 2. The first-order valence-electron chi connectivity index (χ1n) is 8.90. The number of nitrogens with zero attached hydrogens (tertiary/aromatic N) is 2. The summed E-state index contributed by atoms with van der Waals surface area (Å²) in [7, 11) is 0. The fourth-order valence-corrected chi connectivity index (χ4v) is 2.97. The standard InChI is InChI=1S/C20H19Cl2N3O3/c1-2-3-4-10-27-15-7-5-6-13(11-15)18(26)23-20-25-24-19(28-20)16-9-8-14(21)12-17(16)22/h5-9,11-12H,2-4,10H2,1H3,(H,23,25,26). The first-order chi connectivity index (χ1) is 13.6. The van der Waals surface area contributed by atoms with Crippen molar-refractivity contribution in [2.45, 2.75) is 26.2 Å². The molecule has 0 radical (unpaired) electrons. The Balaban J connectivity index is 1.66. The number of aromatic nitrogens is 2. The summed E-state index contributed by atoms with van der Waals surface area (Å²) in [5.74, 6) is 0.448. The van der Waals surface area contributed by atoms with Crippen LogP contribution >= 0.6 is 23.2 Å². The van der Waals surface area contributed by atoms with Crippen molar-refractivity contribution in [3.63, 3.8) is 0 Å². The lowest BCUT2D eigenvalue weighted by Crippen LogP contribution is -2.12. The molecular formula is C20H19Cl2N3O3. The van der Waals surface area contributed by atoms with Crippen molar-refractivity contribution in [1.29, 1.82) is 0 Å². The number of benzene rings is 2. The summed E-state index contributed by atoms with van der Waals surface area (Å²) < 4.78 is 11.2. The number of carbonyl (C=O) groups excluding carboxylic acids is 1. The molecular weight excluding hydrogens is 401 g/mol. The Labute approximate surface area is 172 Å². The average Bonchev–Trinajstić information content (AvgIpc) is 3.13. The van der Waals surface area contributed by atoms with E-state index in [1.54, 1.807) is 36.4 Å². The fourth-order valence-electron chi connectivity index (χ4n) is 2.48. The molecule has 0 aliphatic heterocycles. The topological polar surface area (TPSA) is 77.2 Å². The molecule has 1 amide bonds. The number of ether oxygens (including phenoxy) is 1. The van der Waals surface area contributed by atoms with Crippen LogP contribution in [0.4, 0.5) is 6.01 Å². The van der Waals surface area contributed by atoms with Crippen LogP contribution < -0.4 is 10.1 Å². The SMILES string of the molecule is CCCCCOc1cccc(C(=O)Nc2nnc(-c3ccc(Cl)cc3Cl)o2)c1. The molecule has 0 atom stereocenters. The van der Waals surface area contributed by atoms with Crippen molar-refractivity contribution >= 4 is 35.1 Å². The number of halogens is 2. The van der Waals surface area contributed by atoms with Crippen LogP contribution in [-0.4, -0.2) is 22.7 Å². The van der Waals surface area contributed by atoms with Crippen molar-refractivity contribution in [1.82, 2.24) is 10.2 Å². The van der Waals surface area contributed by atoms with Gasteiger partial charge in [0.15, 0.2) is 0 Å². The molecule has 0 spiro atoms. The number of rotatable bonds is 8. The Morgan fingerprint density at radius 1 is 1.14 bits per heavy atom. The normalized spacial score (nSPS) is 10.7. The van der Waals surface area contributed by atoms with E-state index in [0.717, 1.165) is 19.3 Å². The molecule has 1 N–H and O–H groups in total. The van der Waals surface area contributed by atoms with Gasteiger partial charge < -0.3 is 9.15 Å². The molecule has 3 aromatic rings. The molecule has 3 rings (SSSR count). The maximum Gasteiger partial charge on any atom is 0.322 e. The van der Waals surface area contributed by atoms with Crippen LogP contribution in [0.15, 0.2) is 46.9 Å². The van der Waals surface area contributed by atoms with Gasteiger partial charge in [-0.3, -0.25) is 10.1 Å². The predicted molar refractivity (Wildman–Crippen MR) is 109 cm³/mol. The Hall–Kier alpha value is -2.57. The highest BCUT2D eigenvalue weighted by Crippen LogP contribution is 2.30. The highest BCUT2D eigenvalue weighted by molar-refractivity contribution is 6.36. The number of amides is 1. The zero-order valence-corrected chi connectivity index (χ0v) is 16.8. The summed E-state index contributed by atoms with van der Waals surface area (Å²) >= 11 is 12.0. The van der Waals surface area contributed by atoms with Gasteiger partial charge in [0.05, 0.1) is 17.2 Å². The summed E-state index contributed by atoms with van der Waals surface area (Å²) in [5.41, 5.74) is 0.957. The summed E-state index contributed by atoms with van der Waals surface area (Å²) in [6, 6.07) is 11.8.